The Morgan fingerprint density at radius 2 is 2.00 bits per heavy atom. The molecule has 150 valence electrons. The average molecular weight is 389 g/mol. The van der Waals surface area contributed by atoms with E-state index in [-0.39, 0.29) is 12.4 Å². The molecule has 0 unspecified atom stereocenters. The van der Waals surface area contributed by atoms with Gasteiger partial charge in [-0.15, -0.1) is 0 Å². The quantitative estimate of drug-likeness (QED) is 0.751. The number of benzene rings is 1. The van der Waals surface area contributed by atoms with Crippen molar-refractivity contribution in [3.63, 3.8) is 0 Å². The van der Waals surface area contributed by atoms with Crippen LogP contribution >= 0.6 is 0 Å². The van der Waals surface area contributed by atoms with Gasteiger partial charge in [0.05, 0.1) is 6.54 Å². The van der Waals surface area contributed by atoms with E-state index in [1.165, 1.54) is 12.1 Å². The number of halogens is 1. The van der Waals surface area contributed by atoms with Crippen LogP contribution in [0.15, 0.2) is 24.3 Å². The molecule has 3 N–H and O–H groups in total. The van der Waals surface area contributed by atoms with Crippen molar-refractivity contribution in [2.75, 3.05) is 11.9 Å². The van der Waals surface area contributed by atoms with Crippen molar-refractivity contribution in [2.45, 2.75) is 45.9 Å². The van der Waals surface area contributed by atoms with E-state index in [2.05, 4.69) is 20.8 Å². The summed E-state index contributed by atoms with van der Waals surface area (Å²) >= 11 is 0. The second-order valence-corrected chi connectivity index (χ2v) is 7.62. The molecule has 8 nitrogen and oxygen atoms in total. The van der Waals surface area contributed by atoms with Crippen molar-refractivity contribution >= 4 is 17.9 Å². The summed E-state index contributed by atoms with van der Waals surface area (Å²) in [6, 6.07) is 5.44. The van der Waals surface area contributed by atoms with E-state index in [0.29, 0.717) is 25.3 Å². The molecule has 28 heavy (non-hydrogen) atoms. The molecule has 0 saturated carbocycles. The van der Waals surface area contributed by atoms with Crippen LogP contribution < -0.4 is 10.6 Å². The minimum atomic E-state index is -0.574. The Hall–Kier alpha value is -3.10. The highest BCUT2D eigenvalue weighted by atomic mass is 19.1. The number of hydrogen-bond donors (Lipinski definition) is 3. The number of nitrogens with zero attached hydrogens (tertiary/aromatic N) is 2. The first-order valence-corrected chi connectivity index (χ1v) is 9.04. The second-order valence-electron chi connectivity index (χ2n) is 7.62. The summed E-state index contributed by atoms with van der Waals surface area (Å²) in [5.74, 6) is 0.0470. The van der Waals surface area contributed by atoms with Gasteiger partial charge in [0.2, 0.25) is 0 Å². The van der Waals surface area contributed by atoms with Gasteiger partial charge < -0.3 is 15.0 Å². The largest absolute Gasteiger partial charge is 0.444 e. The van der Waals surface area contributed by atoms with Gasteiger partial charge in [0.25, 0.3) is 0 Å². The van der Waals surface area contributed by atoms with Crippen molar-refractivity contribution in [2.24, 2.45) is 0 Å². The highest BCUT2D eigenvalue weighted by Gasteiger charge is 2.29. The fourth-order valence-corrected chi connectivity index (χ4v) is 2.82. The fraction of sp³-hybridized carbons (Fsp3) is 0.421. The van der Waals surface area contributed by atoms with Crippen LogP contribution in [0.2, 0.25) is 0 Å². The van der Waals surface area contributed by atoms with Gasteiger partial charge in [-0.05, 0) is 38.5 Å². The minimum absolute atomic E-state index is 0.253. The molecule has 0 bridgehead atoms. The standard InChI is InChI=1S/C19H24FN5O3/c1-19(2,3)28-18(27)25-9-8-15-14(11-25)16(24-23-15)22-17(26)21-10-12-4-6-13(20)7-5-12/h4-7H,8-11H2,1-3H3,(H3,21,22,23,24,26). The number of H-pyrrole nitrogens is 1. The van der Waals surface area contributed by atoms with Crippen LogP contribution in [0, 0.1) is 5.82 Å². The summed E-state index contributed by atoms with van der Waals surface area (Å²) in [6.07, 6.45) is 0.201. The third-order valence-corrected chi connectivity index (χ3v) is 4.18. The van der Waals surface area contributed by atoms with Gasteiger partial charge in [-0.1, -0.05) is 12.1 Å². The average Bonchev–Trinajstić information content (AvgIpc) is 3.02. The predicted molar refractivity (Wildman–Crippen MR) is 101 cm³/mol. The Labute approximate surface area is 162 Å². The molecule has 0 saturated heterocycles. The Bertz CT molecular complexity index is 857. The van der Waals surface area contributed by atoms with Crippen LogP contribution in [-0.4, -0.2) is 39.4 Å². The molecule has 2 heterocycles. The summed E-state index contributed by atoms with van der Waals surface area (Å²) < 4.78 is 18.3. The summed E-state index contributed by atoms with van der Waals surface area (Å²) in [6.45, 7) is 6.51. The summed E-state index contributed by atoms with van der Waals surface area (Å²) in [4.78, 5) is 26.1. The van der Waals surface area contributed by atoms with Crippen LogP contribution in [0.3, 0.4) is 0 Å². The number of carbonyl (C=O) groups is 2. The fourth-order valence-electron chi connectivity index (χ4n) is 2.82. The topological polar surface area (TPSA) is 99.3 Å². The lowest BCUT2D eigenvalue weighted by atomic mass is 10.1. The molecule has 9 heteroatoms. The number of hydrogen-bond acceptors (Lipinski definition) is 4. The Balaban J connectivity index is 1.59. The van der Waals surface area contributed by atoms with E-state index >= 15 is 0 Å². The first-order valence-electron chi connectivity index (χ1n) is 9.04. The van der Waals surface area contributed by atoms with Gasteiger partial charge in [-0.25, -0.2) is 14.0 Å². The Kier molecular flexibility index (Phi) is 5.53. The first-order chi connectivity index (χ1) is 13.2. The zero-order chi connectivity index (χ0) is 20.3. The molecule has 0 aliphatic carbocycles. The number of ether oxygens (including phenoxy) is 1. The van der Waals surface area contributed by atoms with Crippen LogP contribution in [0.1, 0.15) is 37.6 Å². The molecular weight excluding hydrogens is 365 g/mol. The number of anilines is 1. The Morgan fingerprint density at radius 3 is 2.68 bits per heavy atom. The molecule has 0 atom stereocenters. The van der Waals surface area contributed by atoms with Gasteiger partial charge in [0.1, 0.15) is 11.4 Å². The third-order valence-electron chi connectivity index (χ3n) is 4.18. The summed E-state index contributed by atoms with van der Waals surface area (Å²) in [7, 11) is 0. The second kappa shape index (κ2) is 7.87. The van der Waals surface area contributed by atoms with E-state index in [0.717, 1.165) is 16.8 Å². The van der Waals surface area contributed by atoms with Crippen molar-refractivity contribution in [1.29, 1.82) is 0 Å². The van der Waals surface area contributed by atoms with Crippen LogP contribution in [0.25, 0.3) is 0 Å². The van der Waals surface area contributed by atoms with Gasteiger partial charge in [0.15, 0.2) is 5.82 Å². The minimum Gasteiger partial charge on any atom is -0.444 e. The van der Waals surface area contributed by atoms with Crippen molar-refractivity contribution < 1.29 is 18.7 Å². The third kappa shape index (κ3) is 4.99. The Morgan fingerprint density at radius 1 is 1.29 bits per heavy atom. The van der Waals surface area contributed by atoms with Gasteiger partial charge in [-0.2, -0.15) is 5.10 Å². The number of rotatable bonds is 3. The predicted octanol–water partition coefficient (Wildman–Crippen LogP) is 3.16. The lowest BCUT2D eigenvalue weighted by Crippen LogP contribution is -2.40. The number of carbonyl (C=O) groups excluding carboxylic acids is 2. The zero-order valence-electron chi connectivity index (χ0n) is 16.1. The van der Waals surface area contributed by atoms with Crippen molar-refractivity contribution in [1.82, 2.24) is 20.4 Å². The first kappa shape index (κ1) is 19.7. The molecule has 0 fully saturated rings. The number of nitrogens with one attached hydrogen (secondary N) is 3. The molecule has 3 rings (SSSR count). The normalized spacial score (nSPS) is 13.6. The zero-order valence-corrected chi connectivity index (χ0v) is 16.1. The smallest absolute Gasteiger partial charge is 0.410 e. The monoisotopic (exact) mass is 389 g/mol. The number of fused-ring (bicyclic) bond motifs is 1. The molecule has 1 aromatic heterocycles. The molecule has 3 amide bonds. The van der Waals surface area contributed by atoms with Gasteiger partial charge in [0, 0.05) is 30.8 Å². The van der Waals surface area contributed by atoms with E-state index < -0.39 is 17.7 Å². The van der Waals surface area contributed by atoms with Crippen LogP contribution in [0.4, 0.5) is 19.8 Å². The molecule has 1 aromatic carbocycles. The molecule has 0 spiro atoms. The summed E-state index contributed by atoms with van der Waals surface area (Å²) in [5, 5.41) is 12.4. The van der Waals surface area contributed by atoms with Crippen molar-refractivity contribution in [3.8, 4) is 0 Å². The molecule has 2 aromatic rings. The van der Waals surface area contributed by atoms with E-state index in [4.69, 9.17) is 4.74 Å². The van der Waals surface area contributed by atoms with E-state index in [1.54, 1.807) is 17.0 Å². The van der Waals surface area contributed by atoms with E-state index in [9.17, 15) is 14.0 Å². The molecular formula is C19H24FN5O3. The highest BCUT2D eigenvalue weighted by Crippen LogP contribution is 2.25. The van der Waals surface area contributed by atoms with Gasteiger partial charge in [-0.3, -0.25) is 10.4 Å². The maximum Gasteiger partial charge on any atom is 0.410 e. The number of amides is 3. The molecule has 1 aliphatic heterocycles. The van der Waals surface area contributed by atoms with Gasteiger partial charge >= 0.3 is 12.1 Å². The highest BCUT2D eigenvalue weighted by molar-refractivity contribution is 5.89. The maximum absolute atomic E-state index is 12.9. The lowest BCUT2D eigenvalue weighted by molar-refractivity contribution is 0.0224. The number of urea groups is 1. The SMILES string of the molecule is CC(C)(C)OC(=O)N1CCc2[nH]nc(NC(=O)NCc3ccc(F)cc3)c2C1. The van der Waals surface area contributed by atoms with Crippen LogP contribution in [-0.2, 0) is 24.2 Å². The number of aromatic nitrogens is 2. The number of aromatic amines is 1. The molecule has 1 aliphatic rings. The summed E-state index contributed by atoms with van der Waals surface area (Å²) in [5.41, 5.74) is 1.84. The van der Waals surface area contributed by atoms with Crippen molar-refractivity contribution in [3.05, 3.63) is 46.9 Å². The van der Waals surface area contributed by atoms with E-state index in [1.807, 2.05) is 20.8 Å². The maximum atomic E-state index is 12.9. The molecule has 0 radical (unpaired) electrons. The van der Waals surface area contributed by atoms with Crippen LogP contribution in [0.5, 0.6) is 0 Å². The lowest BCUT2D eigenvalue weighted by Gasteiger charge is -2.30.